The minimum atomic E-state index is -4.66. The Labute approximate surface area is 174 Å². The Morgan fingerprint density at radius 2 is 1.76 bits per heavy atom. The summed E-state index contributed by atoms with van der Waals surface area (Å²) < 4.78 is 61.1. The zero-order chi connectivity index (χ0) is 21.9. The molecule has 1 atom stereocenters. The molecular formula is C17H14Cl2F3NO5P+. The number of hydrogen-bond acceptors (Lipinski definition) is 5. The predicted octanol–water partition coefficient (Wildman–Crippen LogP) is 6.68. The van der Waals surface area contributed by atoms with Gasteiger partial charge >= 0.3 is 25.2 Å². The standard InChI is InChI=1S/C17H14Cl2F3NO5P/c1-3-4-9-5-13(23(24)25)15(29(26)27-2)8-14(9)28-16-11(18)6-10(7-12(16)19)17(20,21)22/h5-8H,3-4H2,1-2H3/q+1. The molecule has 156 valence electrons. The fourth-order valence-electron chi connectivity index (χ4n) is 2.48. The fourth-order valence-corrected chi connectivity index (χ4v) is 3.80. The summed E-state index contributed by atoms with van der Waals surface area (Å²) in [5, 5.41) is 10.3. The lowest BCUT2D eigenvalue weighted by Crippen LogP contribution is -2.09. The zero-order valence-corrected chi connectivity index (χ0v) is 17.5. The lowest BCUT2D eigenvalue weighted by atomic mass is 10.1. The average molecular weight is 471 g/mol. The van der Waals surface area contributed by atoms with E-state index in [0.717, 1.165) is 13.2 Å². The van der Waals surface area contributed by atoms with Gasteiger partial charge in [-0.15, -0.1) is 4.52 Å². The zero-order valence-electron chi connectivity index (χ0n) is 15.0. The molecule has 0 saturated carbocycles. The molecule has 2 aromatic carbocycles. The Hall–Kier alpha value is -1.93. The molecule has 0 aliphatic carbocycles. The molecule has 2 rings (SSSR count). The van der Waals surface area contributed by atoms with E-state index in [4.69, 9.17) is 32.5 Å². The molecule has 0 spiro atoms. The van der Waals surface area contributed by atoms with Gasteiger partial charge in [0.1, 0.15) is 5.75 Å². The van der Waals surface area contributed by atoms with Gasteiger partial charge in [-0.3, -0.25) is 10.1 Å². The van der Waals surface area contributed by atoms with Gasteiger partial charge in [-0.2, -0.15) is 13.2 Å². The predicted molar refractivity (Wildman–Crippen MR) is 103 cm³/mol. The van der Waals surface area contributed by atoms with Crippen molar-refractivity contribution in [2.45, 2.75) is 25.9 Å². The summed E-state index contributed by atoms with van der Waals surface area (Å²) >= 11 is 11.9. The lowest BCUT2D eigenvalue weighted by molar-refractivity contribution is -0.383. The van der Waals surface area contributed by atoms with Gasteiger partial charge in [0.05, 0.1) is 27.6 Å². The number of halogens is 5. The van der Waals surface area contributed by atoms with Crippen molar-refractivity contribution >= 4 is 42.2 Å². The quantitative estimate of drug-likeness (QED) is 0.256. The molecule has 0 heterocycles. The molecule has 0 bridgehead atoms. The molecule has 1 unspecified atom stereocenters. The van der Waals surface area contributed by atoms with Gasteiger partial charge in [-0.1, -0.05) is 36.5 Å². The Morgan fingerprint density at radius 3 is 2.21 bits per heavy atom. The van der Waals surface area contributed by atoms with Gasteiger partial charge in [-0.05, 0) is 23.1 Å². The first-order valence-electron chi connectivity index (χ1n) is 8.06. The molecule has 2 aromatic rings. The smallest absolute Gasteiger partial charge is 0.454 e. The average Bonchev–Trinajstić information content (AvgIpc) is 2.63. The maximum atomic E-state index is 12.9. The van der Waals surface area contributed by atoms with Crippen LogP contribution in [0.15, 0.2) is 24.3 Å². The van der Waals surface area contributed by atoms with Crippen LogP contribution in [0, 0.1) is 10.1 Å². The van der Waals surface area contributed by atoms with Crippen LogP contribution < -0.4 is 10.0 Å². The number of rotatable bonds is 7. The van der Waals surface area contributed by atoms with Gasteiger partial charge in [0, 0.05) is 17.7 Å². The molecule has 0 fully saturated rings. The summed E-state index contributed by atoms with van der Waals surface area (Å²) in [7, 11) is -1.44. The van der Waals surface area contributed by atoms with Gasteiger partial charge < -0.3 is 4.74 Å². The Kier molecular flexibility index (Phi) is 7.45. The SMILES string of the molecule is CCCc1cc([N+](=O)[O-])c([P+](=O)OC)cc1Oc1c(Cl)cc(C(F)(F)F)cc1Cl. The molecule has 0 aromatic heterocycles. The van der Waals surface area contributed by atoms with Crippen LogP contribution >= 0.6 is 31.2 Å². The van der Waals surface area contributed by atoms with E-state index < -0.39 is 40.4 Å². The van der Waals surface area contributed by atoms with Crippen molar-refractivity contribution in [3.8, 4) is 11.5 Å². The van der Waals surface area contributed by atoms with E-state index in [9.17, 15) is 27.9 Å². The third-order valence-corrected chi connectivity index (χ3v) is 5.42. The first kappa shape index (κ1) is 23.3. The largest absolute Gasteiger partial charge is 0.556 e. The molecule has 0 saturated heterocycles. The lowest BCUT2D eigenvalue weighted by Gasteiger charge is -2.15. The molecule has 0 radical (unpaired) electrons. The third kappa shape index (κ3) is 5.36. The molecule has 0 aliphatic heterocycles. The second-order valence-electron chi connectivity index (χ2n) is 5.76. The molecule has 29 heavy (non-hydrogen) atoms. The number of ether oxygens (including phenoxy) is 1. The number of nitro groups is 1. The van der Waals surface area contributed by atoms with Crippen LogP contribution in [0.2, 0.25) is 10.0 Å². The Morgan fingerprint density at radius 1 is 1.17 bits per heavy atom. The van der Waals surface area contributed by atoms with Crippen molar-refractivity contribution in [1.29, 1.82) is 0 Å². The number of aryl methyl sites for hydroxylation is 1. The second-order valence-corrected chi connectivity index (χ2v) is 7.94. The van der Waals surface area contributed by atoms with E-state index in [1.807, 2.05) is 6.92 Å². The van der Waals surface area contributed by atoms with Crippen molar-refractivity contribution < 1.29 is 31.9 Å². The van der Waals surface area contributed by atoms with E-state index in [2.05, 4.69) is 0 Å². The number of alkyl halides is 3. The highest BCUT2D eigenvalue weighted by Crippen LogP contribution is 2.43. The van der Waals surface area contributed by atoms with Gasteiger partial charge in [0.2, 0.25) is 0 Å². The topological polar surface area (TPSA) is 78.7 Å². The number of hydrogen-bond donors (Lipinski definition) is 0. The first-order chi connectivity index (χ1) is 13.5. The number of nitro benzene ring substituents is 1. The van der Waals surface area contributed by atoms with Crippen LogP contribution in [-0.2, 0) is 21.7 Å². The Balaban J connectivity index is 2.62. The van der Waals surface area contributed by atoms with Crippen LogP contribution in [-0.4, -0.2) is 12.0 Å². The molecule has 12 heteroatoms. The van der Waals surface area contributed by atoms with Crippen LogP contribution in [0.4, 0.5) is 18.9 Å². The highest BCUT2D eigenvalue weighted by atomic mass is 35.5. The summed E-state index contributed by atoms with van der Waals surface area (Å²) in [6.07, 6.45) is -3.73. The normalized spacial score (nSPS) is 12.0. The molecule has 0 N–H and O–H groups in total. The van der Waals surface area contributed by atoms with Gasteiger partial charge in [0.15, 0.2) is 5.75 Å². The van der Waals surface area contributed by atoms with Crippen molar-refractivity contribution in [1.82, 2.24) is 0 Å². The summed E-state index contributed by atoms with van der Waals surface area (Å²) in [6, 6.07) is 3.65. The maximum absolute atomic E-state index is 12.9. The van der Waals surface area contributed by atoms with E-state index in [0.29, 0.717) is 30.5 Å². The highest BCUT2D eigenvalue weighted by molar-refractivity contribution is 7.48. The van der Waals surface area contributed by atoms with Gasteiger partial charge in [-0.25, -0.2) is 0 Å². The molecule has 6 nitrogen and oxygen atoms in total. The van der Waals surface area contributed by atoms with Crippen LogP contribution in [0.5, 0.6) is 11.5 Å². The van der Waals surface area contributed by atoms with Crippen molar-refractivity contribution in [3.05, 3.63) is 55.6 Å². The second kappa shape index (κ2) is 9.26. The van der Waals surface area contributed by atoms with E-state index in [1.54, 1.807) is 0 Å². The van der Waals surface area contributed by atoms with Crippen molar-refractivity contribution in [2.75, 3.05) is 7.11 Å². The Bertz CT molecular complexity index is 946. The number of nitrogens with zero attached hydrogens (tertiary/aromatic N) is 1. The molecule has 0 aliphatic rings. The molecular weight excluding hydrogens is 457 g/mol. The van der Waals surface area contributed by atoms with E-state index >= 15 is 0 Å². The fraction of sp³-hybridized carbons (Fsp3) is 0.294. The van der Waals surface area contributed by atoms with E-state index in [-0.39, 0.29) is 16.8 Å². The minimum absolute atomic E-state index is 0.0245. The minimum Gasteiger partial charge on any atom is -0.454 e. The van der Waals surface area contributed by atoms with E-state index in [1.165, 1.54) is 6.07 Å². The number of benzene rings is 2. The summed E-state index contributed by atoms with van der Waals surface area (Å²) in [5.74, 6) is -0.234. The van der Waals surface area contributed by atoms with Crippen LogP contribution in [0.1, 0.15) is 24.5 Å². The van der Waals surface area contributed by atoms with Gasteiger partial charge in [0.25, 0.3) is 0 Å². The maximum Gasteiger partial charge on any atom is 0.556 e. The summed E-state index contributed by atoms with van der Waals surface area (Å²) in [4.78, 5) is 10.6. The monoisotopic (exact) mass is 470 g/mol. The summed E-state index contributed by atoms with van der Waals surface area (Å²) in [5.41, 5.74) is -1.11. The van der Waals surface area contributed by atoms with Crippen molar-refractivity contribution in [3.63, 3.8) is 0 Å². The van der Waals surface area contributed by atoms with Crippen molar-refractivity contribution in [2.24, 2.45) is 0 Å². The summed E-state index contributed by atoms with van der Waals surface area (Å²) in [6.45, 7) is 1.82. The van der Waals surface area contributed by atoms with Crippen LogP contribution in [0.3, 0.4) is 0 Å². The van der Waals surface area contributed by atoms with Crippen LogP contribution in [0.25, 0.3) is 0 Å². The third-order valence-electron chi connectivity index (χ3n) is 3.77. The molecule has 0 amide bonds. The highest BCUT2D eigenvalue weighted by Gasteiger charge is 2.35. The first-order valence-corrected chi connectivity index (χ1v) is 9.99.